The summed E-state index contributed by atoms with van der Waals surface area (Å²) < 4.78 is 5.47. The van der Waals surface area contributed by atoms with E-state index in [-0.39, 0.29) is 38.4 Å². The Bertz CT molecular complexity index is 897. The van der Waals surface area contributed by atoms with Crippen molar-refractivity contribution in [2.75, 3.05) is 6.54 Å². The number of ether oxygens (including phenoxy) is 1. The molecule has 14 heteroatoms. The van der Waals surface area contributed by atoms with Crippen LogP contribution in [0.3, 0.4) is 0 Å². The van der Waals surface area contributed by atoms with E-state index in [2.05, 4.69) is 10.3 Å². The monoisotopic (exact) mass is 480 g/mol. The van der Waals surface area contributed by atoms with Gasteiger partial charge in [0.2, 0.25) is 5.91 Å². The van der Waals surface area contributed by atoms with Gasteiger partial charge in [0.1, 0.15) is 11.6 Å². The fraction of sp³-hybridized carbons (Fsp3) is 0.500. The number of carbonyl (C=O) groups excluding carboxylic acids is 3. The second-order valence-electron chi connectivity index (χ2n) is 8.34. The van der Waals surface area contributed by atoms with Gasteiger partial charge in [-0.2, -0.15) is 0 Å². The third-order valence-electron chi connectivity index (χ3n) is 4.30. The van der Waals surface area contributed by atoms with Gasteiger partial charge in [0.25, 0.3) is 5.96 Å². The molecule has 8 N–H and O–H groups in total. The lowest BCUT2D eigenvalue weighted by Gasteiger charge is -2.32. The van der Waals surface area contributed by atoms with E-state index < -0.39 is 34.7 Å². The largest absolute Gasteiger partial charge is 0.444 e. The molecule has 0 unspecified atom stereocenters. The van der Waals surface area contributed by atoms with Gasteiger partial charge in [-0.15, -0.1) is 0 Å². The molecule has 34 heavy (non-hydrogen) atoms. The van der Waals surface area contributed by atoms with E-state index in [0.717, 1.165) is 5.56 Å². The number of nitrogens with zero attached hydrogens (tertiary/aromatic N) is 3. The molecule has 0 aliphatic carbocycles. The second kappa shape index (κ2) is 12.8. The average molecular weight is 481 g/mol. The van der Waals surface area contributed by atoms with Gasteiger partial charge in [0, 0.05) is 19.6 Å². The van der Waals surface area contributed by atoms with Gasteiger partial charge in [0.15, 0.2) is 5.03 Å². The zero-order valence-corrected chi connectivity index (χ0v) is 19.4. The highest BCUT2D eigenvalue weighted by Crippen LogP contribution is 2.18. The van der Waals surface area contributed by atoms with Crippen molar-refractivity contribution < 1.29 is 24.2 Å². The van der Waals surface area contributed by atoms with Gasteiger partial charge >= 0.3 is 12.1 Å². The number of carbonyl (C=O) groups is 3. The molecule has 0 radical (unpaired) electrons. The molecular weight excluding hydrogens is 448 g/mol. The number of aliphatic imine (C=N–C) groups is 1. The molecule has 0 saturated heterocycles. The van der Waals surface area contributed by atoms with Crippen molar-refractivity contribution >= 4 is 24.0 Å². The molecule has 0 aliphatic rings. The predicted molar refractivity (Wildman–Crippen MR) is 123 cm³/mol. The summed E-state index contributed by atoms with van der Waals surface area (Å²) in [6, 6.07) is 5.30. The lowest BCUT2D eigenvalue weighted by atomic mass is 10.1. The number of hydrogen-bond donors (Lipinski definition) is 5. The average Bonchev–Trinajstić information content (AvgIpc) is 2.69. The second-order valence-corrected chi connectivity index (χ2v) is 8.34. The number of hydrazine groups is 1. The molecule has 0 saturated carbocycles. The number of hydrogen-bond acceptors (Lipinski definition) is 7. The van der Waals surface area contributed by atoms with E-state index in [1.807, 2.05) is 0 Å². The molecule has 1 rings (SSSR count). The Kier molecular flexibility index (Phi) is 10.5. The van der Waals surface area contributed by atoms with Crippen LogP contribution in [0.15, 0.2) is 29.3 Å². The van der Waals surface area contributed by atoms with Gasteiger partial charge in [-0.05, 0) is 44.7 Å². The normalized spacial score (nSPS) is 12.4. The Morgan fingerprint density at radius 2 is 1.74 bits per heavy atom. The van der Waals surface area contributed by atoms with Crippen molar-refractivity contribution in [1.82, 2.24) is 15.6 Å². The number of nitro groups is 1. The smallest absolute Gasteiger partial charge is 0.411 e. The van der Waals surface area contributed by atoms with Gasteiger partial charge in [-0.3, -0.25) is 9.69 Å². The standard InChI is InChI=1S/C20H32N8O6/c1-20(2,3)34-19(31)27(12-14-8-6-13(7-9-14)11-25-18(23)30)15(16(21)29)5-4-10-24-17(22)26-28(32)33/h6-9,15H,4-5,10-12H2,1-3H3,(H2,21,29)(H3,22,24,26)(H3,23,25,30)/t15-/m1/s1. The predicted octanol–water partition coefficient (Wildman–Crippen LogP) is 0.322. The van der Waals surface area contributed by atoms with Crippen LogP contribution in [-0.4, -0.2) is 52.1 Å². The Morgan fingerprint density at radius 3 is 2.24 bits per heavy atom. The SMILES string of the molecule is CC(C)(C)OC(=O)N(Cc1ccc(CNC(N)=O)cc1)[C@H](CCCN=C(N)N[N+](=O)[O-])C(N)=O. The Morgan fingerprint density at radius 1 is 1.15 bits per heavy atom. The third kappa shape index (κ3) is 11.0. The lowest BCUT2D eigenvalue weighted by molar-refractivity contribution is -0.525. The molecule has 4 amide bonds. The lowest BCUT2D eigenvalue weighted by Crippen LogP contribution is -2.49. The highest BCUT2D eigenvalue weighted by molar-refractivity contribution is 5.84. The molecule has 1 atom stereocenters. The van der Waals surface area contributed by atoms with Crippen molar-refractivity contribution in [3.8, 4) is 0 Å². The summed E-state index contributed by atoms with van der Waals surface area (Å²) in [5.41, 5.74) is 18.4. The molecule has 0 fully saturated rings. The zero-order valence-electron chi connectivity index (χ0n) is 19.4. The first-order valence-electron chi connectivity index (χ1n) is 10.4. The molecule has 0 bridgehead atoms. The van der Waals surface area contributed by atoms with Crippen molar-refractivity contribution in [1.29, 1.82) is 0 Å². The van der Waals surface area contributed by atoms with Crippen LogP contribution in [0.4, 0.5) is 9.59 Å². The third-order valence-corrected chi connectivity index (χ3v) is 4.30. The van der Waals surface area contributed by atoms with E-state index >= 15 is 0 Å². The van der Waals surface area contributed by atoms with Crippen LogP contribution < -0.4 is 27.9 Å². The summed E-state index contributed by atoms with van der Waals surface area (Å²) in [7, 11) is 0. The van der Waals surface area contributed by atoms with Crippen LogP contribution in [-0.2, 0) is 22.6 Å². The van der Waals surface area contributed by atoms with Crippen molar-refractivity contribution in [3.63, 3.8) is 0 Å². The summed E-state index contributed by atoms with van der Waals surface area (Å²) in [5.74, 6) is -1.12. The van der Waals surface area contributed by atoms with E-state index in [0.29, 0.717) is 5.56 Å². The number of nitrogens with two attached hydrogens (primary N) is 3. The number of benzene rings is 1. The maximum atomic E-state index is 12.9. The minimum Gasteiger partial charge on any atom is -0.444 e. The first-order chi connectivity index (χ1) is 15.8. The summed E-state index contributed by atoms with van der Waals surface area (Å²) in [4.78, 5) is 51.4. The quantitative estimate of drug-likeness (QED) is 0.0972. The maximum Gasteiger partial charge on any atom is 0.411 e. The van der Waals surface area contributed by atoms with Crippen molar-refractivity contribution in [2.45, 2.75) is 58.3 Å². The summed E-state index contributed by atoms with van der Waals surface area (Å²) in [6.07, 6.45) is -0.330. The molecule has 0 aliphatic heterocycles. The number of amides is 4. The van der Waals surface area contributed by atoms with Gasteiger partial charge < -0.3 is 27.3 Å². The Hall–Kier alpha value is -4.10. The fourth-order valence-electron chi connectivity index (χ4n) is 2.84. The van der Waals surface area contributed by atoms with Crippen LogP contribution >= 0.6 is 0 Å². The van der Waals surface area contributed by atoms with E-state index in [1.165, 1.54) is 4.90 Å². The van der Waals surface area contributed by atoms with Crippen molar-refractivity contribution in [3.05, 3.63) is 45.5 Å². The highest BCUT2D eigenvalue weighted by atomic mass is 16.7. The topological polar surface area (TPSA) is 221 Å². The summed E-state index contributed by atoms with van der Waals surface area (Å²) in [5, 5.41) is 12.0. The molecule has 188 valence electrons. The molecular formula is C20H32N8O6. The summed E-state index contributed by atoms with van der Waals surface area (Å²) >= 11 is 0. The van der Waals surface area contributed by atoms with Crippen LogP contribution in [0.2, 0.25) is 0 Å². The van der Waals surface area contributed by atoms with Gasteiger partial charge in [-0.25, -0.2) is 24.7 Å². The van der Waals surface area contributed by atoms with E-state index in [1.54, 1.807) is 50.5 Å². The fourth-order valence-corrected chi connectivity index (χ4v) is 2.84. The summed E-state index contributed by atoms with van der Waals surface area (Å²) in [6.45, 7) is 5.43. The van der Waals surface area contributed by atoms with Crippen LogP contribution in [0.1, 0.15) is 44.7 Å². The number of guanidine groups is 1. The minimum absolute atomic E-state index is 0.0281. The zero-order chi connectivity index (χ0) is 25.9. The molecule has 1 aromatic rings. The van der Waals surface area contributed by atoms with E-state index in [4.69, 9.17) is 21.9 Å². The number of nitrogens with one attached hydrogen (secondary N) is 2. The maximum absolute atomic E-state index is 12.9. The molecule has 14 nitrogen and oxygen atoms in total. The Labute approximate surface area is 197 Å². The van der Waals surface area contributed by atoms with Gasteiger partial charge in [-0.1, -0.05) is 29.7 Å². The van der Waals surface area contributed by atoms with E-state index in [9.17, 15) is 24.5 Å². The first-order valence-corrected chi connectivity index (χ1v) is 10.4. The minimum atomic E-state index is -1.02. The van der Waals surface area contributed by atoms with Crippen LogP contribution in [0, 0.1) is 10.1 Å². The molecule has 0 heterocycles. The first kappa shape index (κ1) is 27.9. The van der Waals surface area contributed by atoms with Crippen molar-refractivity contribution in [2.24, 2.45) is 22.2 Å². The highest BCUT2D eigenvalue weighted by Gasteiger charge is 2.31. The molecule has 0 aromatic heterocycles. The van der Waals surface area contributed by atoms with Crippen LogP contribution in [0.5, 0.6) is 0 Å². The van der Waals surface area contributed by atoms with Gasteiger partial charge in [0.05, 0.1) is 0 Å². The number of urea groups is 1. The van der Waals surface area contributed by atoms with Crippen LogP contribution in [0.25, 0.3) is 0 Å². The number of rotatable bonds is 11. The number of primary amides is 2. The molecule has 0 spiro atoms. The Balaban J connectivity index is 3.00. The molecule has 1 aromatic carbocycles.